The van der Waals surface area contributed by atoms with Crippen LogP contribution in [0.1, 0.15) is 5.56 Å². The molecule has 21 heavy (non-hydrogen) atoms. The maximum Gasteiger partial charge on any atom is 0.230 e. The number of hydrogen-bond donors (Lipinski definition) is 1. The van der Waals surface area contributed by atoms with Crippen LogP contribution in [0.15, 0.2) is 51.5 Å². The molecular weight excluding hydrogens is 335 g/mol. The first-order chi connectivity index (χ1) is 10.1. The lowest BCUT2D eigenvalue weighted by Crippen LogP contribution is -1.89. The Bertz CT molecular complexity index is 814. The second kappa shape index (κ2) is 5.33. The quantitative estimate of drug-likeness (QED) is 0.724. The standard InChI is InChI=1S/C16H12BrFN2O/c1-9-3-2-4-10(7-9)14-15(20-21-16(14)19)11-5-6-13(18)12(17)8-11/h2-8H,19H2,1H3. The molecule has 0 spiro atoms. The van der Waals surface area contributed by atoms with Crippen LogP contribution in [0.2, 0.25) is 0 Å². The summed E-state index contributed by atoms with van der Waals surface area (Å²) in [6.45, 7) is 2.00. The van der Waals surface area contributed by atoms with Crippen LogP contribution in [-0.2, 0) is 0 Å². The lowest BCUT2D eigenvalue weighted by molar-refractivity contribution is 0.439. The van der Waals surface area contributed by atoms with Crippen molar-refractivity contribution in [2.45, 2.75) is 6.92 Å². The van der Waals surface area contributed by atoms with Gasteiger partial charge < -0.3 is 10.3 Å². The largest absolute Gasteiger partial charge is 0.367 e. The van der Waals surface area contributed by atoms with Gasteiger partial charge in [0.15, 0.2) is 0 Å². The van der Waals surface area contributed by atoms with Crippen molar-refractivity contribution in [3.63, 3.8) is 0 Å². The molecule has 0 aliphatic heterocycles. The van der Waals surface area contributed by atoms with Crippen LogP contribution in [-0.4, -0.2) is 5.16 Å². The van der Waals surface area contributed by atoms with Crippen molar-refractivity contribution in [2.75, 3.05) is 5.73 Å². The third-order valence-electron chi connectivity index (χ3n) is 3.22. The zero-order valence-corrected chi connectivity index (χ0v) is 12.8. The molecule has 0 fully saturated rings. The number of aryl methyl sites for hydroxylation is 1. The van der Waals surface area contributed by atoms with E-state index < -0.39 is 0 Å². The van der Waals surface area contributed by atoms with Gasteiger partial charge in [-0.2, -0.15) is 0 Å². The summed E-state index contributed by atoms with van der Waals surface area (Å²) in [5, 5.41) is 4.02. The monoisotopic (exact) mass is 346 g/mol. The van der Waals surface area contributed by atoms with Crippen molar-refractivity contribution in [2.24, 2.45) is 0 Å². The number of nitrogens with zero attached hydrogens (tertiary/aromatic N) is 1. The van der Waals surface area contributed by atoms with Crippen LogP contribution in [0.3, 0.4) is 0 Å². The van der Waals surface area contributed by atoms with E-state index in [9.17, 15) is 4.39 Å². The van der Waals surface area contributed by atoms with Crippen molar-refractivity contribution in [3.8, 4) is 22.4 Å². The predicted molar refractivity (Wildman–Crippen MR) is 84.2 cm³/mol. The van der Waals surface area contributed by atoms with Crippen LogP contribution < -0.4 is 5.73 Å². The number of halogens is 2. The average Bonchev–Trinajstić information content (AvgIpc) is 2.84. The molecule has 1 aromatic heterocycles. The molecule has 3 nitrogen and oxygen atoms in total. The van der Waals surface area contributed by atoms with Gasteiger partial charge in [-0.15, -0.1) is 0 Å². The fourth-order valence-electron chi connectivity index (χ4n) is 2.22. The van der Waals surface area contributed by atoms with E-state index in [1.165, 1.54) is 6.07 Å². The third-order valence-corrected chi connectivity index (χ3v) is 3.83. The van der Waals surface area contributed by atoms with Gasteiger partial charge in [0.2, 0.25) is 5.88 Å². The zero-order valence-electron chi connectivity index (χ0n) is 11.2. The molecule has 3 rings (SSSR count). The van der Waals surface area contributed by atoms with E-state index in [0.717, 1.165) is 22.3 Å². The number of rotatable bonds is 2. The molecule has 0 saturated carbocycles. The van der Waals surface area contributed by atoms with Crippen molar-refractivity contribution in [1.29, 1.82) is 0 Å². The number of nitrogen functional groups attached to an aromatic ring is 1. The van der Waals surface area contributed by atoms with Gasteiger partial charge in [-0.1, -0.05) is 35.0 Å². The fourth-order valence-corrected chi connectivity index (χ4v) is 2.60. The lowest BCUT2D eigenvalue weighted by Gasteiger charge is -2.05. The highest BCUT2D eigenvalue weighted by Gasteiger charge is 2.18. The predicted octanol–water partition coefficient (Wildman–Crippen LogP) is 4.80. The van der Waals surface area contributed by atoms with Crippen LogP contribution in [0.4, 0.5) is 10.3 Å². The maximum atomic E-state index is 13.4. The number of aromatic nitrogens is 1. The number of nitrogens with two attached hydrogens (primary N) is 1. The van der Waals surface area contributed by atoms with Crippen molar-refractivity contribution >= 4 is 21.8 Å². The van der Waals surface area contributed by atoms with E-state index in [4.69, 9.17) is 10.3 Å². The SMILES string of the molecule is Cc1cccc(-c2c(-c3ccc(F)c(Br)c3)noc2N)c1. The Morgan fingerprint density at radius 3 is 2.67 bits per heavy atom. The summed E-state index contributed by atoms with van der Waals surface area (Å²) >= 11 is 3.18. The molecular formula is C16H12BrFN2O. The minimum absolute atomic E-state index is 0.246. The number of anilines is 1. The molecule has 0 radical (unpaired) electrons. The summed E-state index contributed by atoms with van der Waals surface area (Å²) in [7, 11) is 0. The summed E-state index contributed by atoms with van der Waals surface area (Å²) in [5.74, 6) is -0.0802. The van der Waals surface area contributed by atoms with E-state index in [0.29, 0.717) is 10.2 Å². The molecule has 0 aliphatic rings. The molecule has 2 aromatic carbocycles. The van der Waals surface area contributed by atoms with E-state index in [-0.39, 0.29) is 11.7 Å². The van der Waals surface area contributed by atoms with Crippen molar-refractivity contribution in [1.82, 2.24) is 5.16 Å². The summed E-state index contributed by atoms with van der Waals surface area (Å²) in [5.41, 5.74) is 10.00. The Balaban J connectivity index is 2.19. The third kappa shape index (κ3) is 2.56. The second-order valence-corrected chi connectivity index (χ2v) is 5.62. The first kappa shape index (κ1) is 13.8. The molecule has 0 amide bonds. The van der Waals surface area contributed by atoms with E-state index in [2.05, 4.69) is 21.1 Å². The molecule has 0 atom stereocenters. The Hall–Kier alpha value is -2.14. The molecule has 5 heteroatoms. The molecule has 0 unspecified atom stereocenters. The van der Waals surface area contributed by atoms with Gasteiger partial charge in [0, 0.05) is 5.56 Å². The van der Waals surface area contributed by atoms with Crippen molar-refractivity contribution in [3.05, 3.63) is 58.3 Å². The van der Waals surface area contributed by atoms with Gasteiger partial charge in [-0.25, -0.2) is 4.39 Å². The van der Waals surface area contributed by atoms with Gasteiger partial charge in [-0.3, -0.25) is 0 Å². The van der Waals surface area contributed by atoms with Crippen LogP contribution in [0.5, 0.6) is 0 Å². The van der Waals surface area contributed by atoms with Crippen molar-refractivity contribution < 1.29 is 8.91 Å². The van der Waals surface area contributed by atoms with E-state index in [1.54, 1.807) is 12.1 Å². The van der Waals surface area contributed by atoms with Gasteiger partial charge >= 0.3 is 0 Å². The average molecular weight is 347 g/mol. The summed E-state index contributed by atoms with van der Waals surface area (Å²) in [4.78, 5) is 0. The Labute approximate surface area is 129 Å². The number of benzene rings is 2. The van der Waals surface area contributed by atoms with Gasteiger partial charge in [0.25, 0.3) is 0 Å². The number of hydrogen-bond acceptors (Lipinski definition) is 3. The highest BCUT2D eigenvalue weighted by molar-refractivity contribution is 9.10. The molecule has 1 heterocycles. The maximum absolute atomic E-state index is 13.4. The van der Waals surface area contributed by atoms with Gasteiger partial charge in [0.05, 0.1) is 10.0 Å². The normalized spacial score (nSPS) is 10.8. The first-order valence-corrected chi connectivity index (χ1v) is 7.13. The highest BCUT2D eigenvalue weighted by atomic mass is 79.9. The highest BCUT2D eigenvalue weighted by Crippen LogP contribution is 2.37. The molecule has 3 aromatic rings. The van der Waals surface area contributed by atoms with Crippen LogP contribution >= 0.6 is 15.9 Å². The second-order valence-electron chi connectivity index (χ2n) is 4.77. The molecule has 0 aliphatic carbocycles. The molecule has 2 N–H and O–H groups in total. The molecule has 0 saturated heterocycles. The lowest BCUT2D eigenvalue weighted by atomic mass is 9.99. The smallest absolute Gasteiger partial charge is 0.230 e. The van der Waals surface area contributed by atoms with E-state index in [1.807, 2.05) is 31.2 Å². The van der Waals surface area contributed by atoms with Gasteiger partial charge in [0.1, 0.15) is 11.5 Å². The van der Waals surface area contributed by atoms with E-state index >= 15 is 0 Å². The molecule has 0 bridgehead atoms. The summed E-state index contributed by atoms with van der Waals surface area (Å²) in [6.07, 6.45) is 0. The van der Waals surface area contributed by atoms with Gasteiger partial charge in [-0.05, 0) is 46.6 Å². The minimum Gasteiger partial charge on any atom is -0.367 e. The van der Waals surface area contributed by atoms with Crippen LogP contribution in [0.25, 0.3) is 22.4 Å². The minimum atomic E-state index is -0.327. The Kier molecular flexibility index (Phi) is 3.51. The summed E-state index contributed by atoms with van der Waals surface area (Å²) < 4.78 is 18.9. The Morgan fingerprint density at radius 1 is 1.14 bits per heavy atom. The fraction of sp³-hybridized carbons (Fsp3) is 0.0625. The zero-order chi connectivity index (χ0) is 15.0. The summed E-state index contributed by atoms with van der Waals surface area (Å²) in [6, 6.07) is 12.6. The Morgan fingerprint density at radius 2 is 1.95 bits per heavy atom. The first-order valence-electron chi connectivity index (χ1n) is 6.34. The van der Waals surface area contributed by atoms with Crippen LogP contribution in [0, 0.1) is 12.7 Å². The molecule has 106 valence electrons. The topological polar surface area (TPSA) is 52.0 Å².